The van der Waals surface area contributed by atoms with E-state index < -0.39 is 22.0 Å². The fraction of sp³-hybridized carbons (Fsp3) is 0.278. The summed E-state index contributed by atoms with van der Waals surface area (Å²) in [5.74, 6) is -0.575. The average Bonchev–Trinajstić information content (AvgIpc) is 2.56. The Bertz CT molecular complexity index is 859. The lowest BCUT2D eigenvalue weighted by molar-refractivity contribution is 0.0600. The number of esters is 1. The summed E-state index contributed by atoms with van der Waals surface area (Å²) in [5.41, 5.74) is 3.33. The van der Waals surface area contributed by atoms with E-state index in [1.54, 1.807) is 6.92 Å². The summed E-state index contributed by atoms with van der Waals surface area (Å²) in [5, 5.41) is 0. The summed E-state index contributed by atoms with van der Waals surface area (Å²) in [6.07, 6.45) is 0. The molecule has 1 unspecified atom stereocenters. The minimum absolute atomic E-state index is 0.0288. The minimum atomic E-state index is -3.75. The highest BCUT2D eigenvalue weighted by atomic mass is 32.2. The Hall–Kier alpha value is -2.18. The summed E-state index contributed by atoms with van der Waals surface area (Å²) >= 11 is 0. The van der Waals surface area contributed by atoms with Gasteiger partial charge in [-0.1, -0.05) is 24.3 Å². The maximum atomic E-state index is 12.6. The third-order valence-electron chi connectivity index (χ3n) is 3.93. The molecule has 0 saturated carbocycles. The van der Waals surface area contributed by atoms with Crippen LogP contribution in [-0.4, -0.2) is 21.5 Å². The van der Waals surface area contributed by atoms with Crippen LogP contribution in [0.15, 0.2) is 47.4 Å². The summed E-state index contributed by atoms with van der Waals surface area (Å²) < 4.78 is 32.4. The molecule has 0 aliphatic carbocycles. The topological polar surface area (TPSA) is 72.5 Å². The largest absolute Gasteiger partial charge is 0.465 e. The summed E-state index contributed by atoms with van der Waals surface area (Å²) in [6, 6.07) is 11.2. The molecular formula is C18H21NO4S. The molecule has 0 bridgehead atoms. The van der Waals surface area contributed by atoms with Crippen molar-refractivity contribution in [1.29, 1.82) is 0 Å². The molecule has 2 aromatic rings. The van der Waals surface area contributed by atoms with E-state index in [-0.39, 0.29) is 10.5 Å². The third-order valence-corrected chi connectivity index (χ3v) is 5.47. The first-order valence-corrected chi connectivity index (χ1v) is 9.01. The Kier molecular flexibility index (Phi) is 5.41. The van der Waals surface area contributed by atoms with Crippen molar-refractivity contribution in [3.63, 3.8) is 0 Å². The molecule has 0 aliphatic heterocycles. The molecule has 6 heteroatoms. The second-order valence-electron chi connectivity index (χ2n) is 5.71. The summed E-state index contributed by atoms with van der Waals surface area (Å²) in [4.78, 5) is 11.6. The number of sulfonamides is 1. The van der Waals surface area contributed by atoms with Crippen LogP contribution in [0.1, 0.15) is 40.0 Å². The van der Waals surface area contributed by atoms with E-state index in [0.717, 1.165) is 16.7 Å². The molecule has 2 aromatic carbocycles. The third kappa shape index (κ3) is 4.01. The van der Waals surface area contributed by atoms with Crippen molar-refractivity contribution in [2.24, 2.45) is 0 Å². The SMILES string of the molecule is COC(=O)c1cccc(S(=O)(=O)NC(C)c2ccc(C)c(C)c2)c1. The van der Waals surface area contributed by atoms with Crippen molar-refractivity contribution in [1.82, 2.24) is 4.72 Å². The Balaban J connectivity index is 2.27. The second-order valence-corrected chi connectivity index (χ2v) is 7.42. The standard InChI is InChI=1S/C18H21NO4S/c1-12-8-9-15(10-13(12)2)14(3)19-24(21,22)17-7-5-6-16(11-17)18(20)23-4/h5-11,14,19H,1-4H3. The van der Waals surface area contributed by atoms with E-state index in [9.17, 15) is 13.2 Å². The summed E-state index contributed by atoms with van der Waals surface area (Å²) in [7, 11) is -2.50. The van der Waals surface area contributed by atoms with Crippen LogP contribution < -0.4 is 4.72 Å². The van der Waals surface area contributed by atoms with Crippen LogP contribution in [0.2, 0.25) is 0 Å². The first-order chi connectivity index (χ1) is 11.2. The first-order valence-electron chi connectivity index (χ1n) is 7.52. The van der Waals surface area contributed by atoms with Crippen LogP contribution in [0.3, 0.4) is 0 Å². The van der Waals surface area contributed by atoms with Gasteiger partial charge in [0.15, 0.2) is 0 Å². The van der Waals surface area contributed by atoms with Crippen molar-refractivity contribution in [3.05, 3.63) is 64.7 Å². The van der Waals surface area contributed by atoms with Crippen molar-refractivity contribution in [2.75, 3.05) is 7.11 Å². The highest BCUT2D eigenvalue weighted by Gasteiger charge is 2.20. The minimum Gasteiger partial charge on any atom is -0.465 e. The Labute approximate surface area is 142 Å². The van der Waals surface area contributed by atoms with E-state index in [2.05, 4.69) is 9.46 Å². The highest BCUT2D eigenvalue weighted by Crippen LogP contribution is 2.20. The molecule has 2 rings (SSSR count). The van der Waals surface area contributed by atoms with Crippen LogP contribution >= 0.6 is 0 Å². The number of carbonyl (C=O) groups excluding carboxylic acids is 1. The second kappa shape index (κ2) is 7.15. The molecule has 0 radical (unpaired) electrons. The zero-order chi connectivity index (χ0) is 17.9. The molecule has 24 heavy (non-hydrogen) atoms. The Morgan fingerprint density at radius 2 is 1.79 bits per heavy atom. The van der Waals surface area contributed by atoms with E-state index >= 15 is 0 Å². The molecule has 0 aromatic heterocycles. The van der Waals surface area contributed by atoms with Gasteiger partial charge in [-0.3, -0.25) is 0 Å². The van der Waals surface area contributed by atoms with Gasteiger partial charge in [-0.15, -0.1) is 0 Å². The van der Waals surface area contributed by atoms with Gasteiger partial charge in [0.05, 0.1) is 17.6 Å². The molecule has 0 amide bonds. The van der Waals surface area contributed by atoms with Crippen LogP contribution in [0.4, 0.5) is 0 Å². The van der Waals surface area contributed by atoms with Gasteiger partial charge in [0.2, 0.25) is 10.0 Å². The van der Waals surface area contributed by atoms with Crippen molar-refractivity contribution in [3.8, 4) is 0 Å². The molecule has 0 spiro atoms. The molecule has 0 saturated heterocycles. The van der Waals surface area contributed by atoms with Crippen LogP contribution in [0.25, 0.3) is 0 Å². The molecule has 0 fully saturated rings. The predicted octanol–water partition coefficient (Wildman–Crippen LogP) is 3.13. The molecule has 5 nitrogen and oxygen atoms in total. The van der Waals surface area contributed by atoms with Crippen molar-refractivity contribution in [2.45, 2.75) is 31.7 Å². The van der Waals surface area contributed by atoms with Crippen LogP contribution in [0.5, 0.6) is 0 Å². The van der Waals surface area contributed by atoms with Crippen molar-refractivity contribution >= 4 is 16.0 Å². The highest BCUT2D eigenvalue weighted by molar-refractivity contribution is 7.89. The van der Waals surface area contributed by atoms with Gasteiger partial charge in [-0.2, -0.15) is 0 Å². The lowest BCUT2D eigenvalue weighted by Gasteiger charge is -2.16. The van der Waals surface area contributed by atoms with Crippen LogP contribution in [-0.2, 0) is 14.8 Å². The fourth-order valence-electron chi connectivity index (χ4n) is 2.31. The fourth-order valence-corrected chi connectivity index (χ4v) is 3.59. The molecule has 128 valence electrons. The van der Waals surface area contributed by atoms with Gasteiger partial charge in [-0.05, 0) is 55.7 Å². The van der Waals surface area contributed by atoms with Gasteiger partial charge in [0, 0.05) is 6.04 Å². The van der Waals surface area contributed by atoms with E-state index in [4.69, 9.17) is 0 Å². The smallest absolute Gasteiger partial charge is 0.337 e. The van der Waals surface area contributed by atoms with E-state index in [1.807, 2.05) is 32.0 Å². The van der Waals surface area contributed by atoms with E-state index in [1.165, 1.54) is 31.4 Å². The lowest BCUT2D eigenvalue weighted by atomic mass is 10.0. The number of methoxy groups -OCH3 is 1. The first kappa shape index (κ1) is 18.2. The number of benzene rings is 2. The maximum absolute atomic E-state index is 12.6. The number of rotatable bonds is 5. The van der Waals surface area contributed by atoms with Gasteiger partial charge in [-0.25, -0.2) is 17.9 Å². The van der Waals surface area contributed by atoms with Gasteiger partial charge in [0.25, 0.3) is 0 Å². The molecule has 0 aliphatic rings. The number of carbonyl (C=O) groups is 1. The summed E-state index contributed by atoms with van der Waals surface area (Å²) in [6.45, 7) is 5.78. The molecule has 0 heterocycles. The molecular weight excluding hydrogens is 326 g/mol. The Morgan fingerprint density at radius 1 is 1.08 bits per heavy atom. The van der Waals surface area contributed by atoms with Gasteiger partial charge >= 0.3 is 5.97 Å². The molecule has 1 atom stereocenters. The lowest BCUT2D eigenvalue weighted by Crippen LogP contribution is -2.27. The number of hydrogen-bond acceptors (Lipinski definition) is 4. The maximum Gasteiger partial charge on any atom is 0.337 e. The monoisotopic (exact) mass is 347 g/mol. The number of ether oxygens (including phenoxy) is 1. The van der Waals surface area contributed by atoms with Gasteiger partial charge < -0.3 is 4.74 Å². The number of hydrogen-bond donors (Lipinski definition) is 1. The van der Waals surface area contributed by atoms with E-state index in [0.29, 0.717) is 0 Å². The average molecular weight is 347 g/mol. The zero-order valence-corrected chi connectivity index (χ0v) is 15.0. The van der Waals surface area contributed by atoms with Gasteiger partial charge in [0.1, 0.15) is 0 Å². The van der Waals surface area contributed by atoms with Crippen LogP contribution in [0, 0.1) is 13.8 Å². The zero-order valence-electron chi connectivity index (χ0n) is 14.2. The number of nitrogens with one attached hydrogen (secondary N) is 1. The molecule has 1 N–H and O–H groups in total. The predicted molar refractivity (Wildman–Crippen MR) is 92.4 cm³/mol. The normalized spacial score (nSPS) is 12.7. The van der Waals surface area contributed by atoms with Crippen molar-refractivity contribution < 1.29 is 17.9 Å². The number of aryl methyl sites for hydroxylation is 2. The Morgan fingerprint density at radius 3 is 2.42 bits per heavy atom. The quantitative estimate of drug-likeness (QED) is 0.844.